The zero-order valence-corrected chi connectivity index (χ0v) is 19.6. The standard InChI is InChI=1S/C25H30N6O/c1-7-17-10-18(19-12-28-31(14-19)15-23(32)25(2,3)4)8-9-21(17)30(6)24-11-22-20(13-26-24)27-16-29(22)5/h8-14,16H,7,15H2,1-6H3. The smallest absolute Gasteiger partial charge is 0.159 e. The molecule has 0 amide bonds. The molecule has 0 radical (unpaired) electrons. The number of anilines is 2. The first-order chi connectivity index (χ1) is 15.2. The predicted molar refractivity (Wildman–Crippen MR) is 128 cm³/mol. The Balaban J connectivity index is 1.61. The van der Waals surface area contributed by atoms with Crippen molar-refractivity contribution in [2.24, 2.45) is 12.5 Å². The Morgan fingerprint density at radius 1 is 1.09 bits per heavy atom. The molecule has 0 aliphatic heterocycles. The molecule has 166 valence electrons. The van der Waals surface area contributed by atoms with Crippen LogP contribution in [-0.4, -0.2) is 37.1 Å². The number of Topliss-reactive ketones (excluding diaryl/α,β-unsaturated/α-hetero) is 1. The van der Waals surface area contributed by atoms with E-state index in [1.807, 2.05) is 58.0 Å². The Morgan fingerprint density at radius 2 is 1.88 bits per heavy atom. The third kappa shape index (κ3) is 4.15. The van der Waals surface area contributed by atoms with E-state index in [1.54, 1.807) is 11.0 Å². The Kier molecular flexibility index (Phi) is 5.59. The molecule has 0 fully saturated rings. The summed E-state index contributed by atoms with van der Waals surface area (Å²) in [5.74, 6) is 1.04. The lowest BCUT2D eigenvalue weighted by atomic mass is 9.91. The van der Waals surface area contributed by atoms with Crippen LogP contribution in [0.4, 0.5) is 11.5 Å². The highest BCUT2D eigenvalue weighted by molar-refractivity contribution is 5.83. The molecule has 32 heavy (non-hydrogen) atoms. The summed E-state index contributed by atoms with van der Waals surface area (Å²) < 4.78 is 3.72. The van der Waals surface area contributed by atoms with Gasteiger partial charge in [0.05, 0.1) is 24.2 Å². The highest BCUT2D eigenvalue weighted by atomic mass is 16.1. The van der Waals surface area contributed by atoms with Gasteiger partial charge in [-0.1, -0.05) is 33.8 Å². The number of rotatable bonds is 6. The summed E-state index contributed by atoms with van der Waals surface area (Å²) in [6, 6.07) is 8.48. The van der Waals surface area contributed by atoms with Gasteiger partial charge in [-0.25, -0.2) is 9.97 Å². The number of carbonyl (C=O) groups excluding carboxylic acids is 1. The van der Waals surface area contributed by atoms with Crippen molar-refractivity contribution < 1.29 is 4.79 Å². The van der Waals surface area contributed by atoms with E-state index in [0.29, 0.717) is 0 Å². The van der Waals surface area contributed by atoms with Crippen molar-refractivity contribution in [2.75, 3.05) is 11.9 Å². The van der Waals surface area contributed by atoms with E-state index < -0.39 is 0 Å². The third-order valence-corrected chi connectivity index (χ3v) is 5.87. The quantitative estimate of drug-likeness (QED) is 0.440. The van der Waals surface area contributed by atoms with Crippen LogP contribution in [0, 0.1) is 5.41 Å². The average molecular weight is 431 g/mol. The normalized spacial score (nSPS) is 11.8. The molecule has 0 unspecified atom stereocenters. The molecule has 0 bridgehead atoms. The molecule has 0 saturated carbocycles. The summed E-state index contributed by atoms with van der Waals surface area (Å²) in [4.78, 5) is 23.4. The molecular formula is C25H30N6O. The molecule has 0 N–H and O–H groups in total. The van der Waals surface area contributed by atoms with Crippen LogP contribution in [0.1, 0.15) is 33.3 Å². The summed E-state index contributed by atoms with van der Waals surface area (Å²) in [5, 5.41) is 4.41. The van der Waals surface area contributed by atoms with Gasteiger partial charge < -0.3 is 9.47 Å². The maximum Gasteiger partial charge on any atom is 0.159 e. The molecule has 0 saturated heterocycles. The summed E-state index contributed by atoms with van der Waals surface area (Å²) in [6.07, 6.45) is 8.27. The van der Waals surface area contributed by atoms with E-state index in [2.05, 4.69) is 51.2 Å². The van der Waals surface area contributed by atoms with E-state index in [1.165, 1.54) is 5.56 Å². The zero-order chi connectivity index (χ0) is 23.0. The van der Waals surface area contributed by atoms with Crippen molar-refractivity contribution in [3.8, 4) is 11.1 Å². The van der Waals surface area contributed by atoms with Crippen molar-refractivity contribution in [1.29, 1.82) is 0 Å². The second kappa shape index (κ2) is 8.22. The molecular weight excluding hydrogens is 400 g/mol. The van der Waals surface area contributed by atoms with Crippen LogP contribution < -0.4 is 4.90 Å². The maximum atomic E-state index is 12.3. The largest absolute Gasteiger partial charge is 0.334 e. The number of aryl methyl sites for hydroxylation is 2. The predicted octanol–water partition coefficient (Wildman–Crippen LogP) is 4.78. The Labute approximate surface area is 188 Å². The number of nitrogens with zero attached hydrogens (tertiary/aromatic N) is 6. The highest BCUT2D eigenvalue weighted by Gasteiger charge is 2.21. The molecule has 1 aromatic carbocycles. The SMILES string of the molecule is CCc1cc(-c2cnn(CC(=O)C(C)(C)C)c2)ccc1N(C)c1cc2c(cn1)ncn2C. The van der Waals surface area contributed by atoms with E-state index >= 15 is 0 Å². The fraction of sp³-hybridized carbons (Fsp3) is 0.360. The van der Waals surface area contributed by atoms with Gasteiger partial charge in [0.2, 0.25) is 0 Å². The van der Waals surface area contributed by atoms with Gasteiger partial charge in [0, 0.05) is 43.0 Å². The maximum absolute atomic E-state index is 12.3. The number of hydrogen-bond donors (Lipinski definition) is 0. The van der Waals surface area contributed by atoms with Crippen molar-refractivity contribution >= 4 is 28.3 Å². The van der Waals surface area contributed by atoms with Gasteiger partial charge in [0.1, 0.15) is 17.9 Å². The number of fused-ring (bicyclic) bond motifs is 1. The first-order valence-electron chi connectivity index (χ1n) is 10.9. The molecule has 0 aliphatic rings. The summed E-state index contributed by atoms with van der Waals surface area (Å²) in [5.41, 5.74) is 5.98. The van der Waals surface area contributed by atoms with Crippen LogP contribution >= 0.6 is 0 Å². The molecule has 3 heterocycles. The molecule has 4 aromatic rings. The highest BCUT2D eigenvalue weighted by Crippen LogP contribution is 2.31. The molecule has 3 aromatic heterocycles. The van der Waals surface area contributed by atoms with Gasteiger partial charge in [-0.3, -0.25) is 9.48 Å². The molecule has 7 heteroatoms. The number of imidazole rings is 1. The van der Waals surface area contributed by atoms with Crippen molar-refractivity contribution in [3.05, 3.63) is 54.7 Å². The number of aromatic nitrogens is 5. The van der Waals surface area contributed by atoms with Gasteiger partial charge in [-0.2, -0.15) is 5.10 Å². The summed E-state index contributed by atoms with van der Waals surface area (Å²) >= 11 is 0. The lowest BCUT2D eigenvalue weighted by Crippen LogP contribution is -2.25. The second-order valence-corrected chi connectivity index (χ2v) is 9.24. The second-order valence-electron chi connectivity index (χ2n) is 9.24. The Morgan fingerprint density at radius 3 is 2.59 bits per heavy atom. The number of hydrogen-bond acceptors (Lipinski definition) is 5. The zero-order valence-electron chi connectivity index (χ0n) is 19.6. The van der Waals surface area contributed by atoms with E-state index in [0.717, 1.165) is 40.1 Å². The van der Waals surface area contributed by atoms with E-state index in [-0.39, 0.29) is 17.7 Å². The molecule has 0 spiro atoms. The van der Waals surface area contributed by atoms with Crippen LogP contribution in [0.15, 0.2) is 49.2 Å². The Bertz CT molecular complexity index is 1280. The molecule has 4 rings (SSSR count). The van der Waals surface area contributed by atoms with Gasteiger partial charge >= 0.3 is 0 Å². The van der Waals surface area contributed by atoms with Crippen LogP contribution in [-0.2, 0) is 24.8 Å². The fourth-order valence-corrected chi connectivity index (χ4v) is 3.69. The van der Waals surface area contributed by atoms with E-state index in [9.17, 15) is 4.79 Å². The van der Waals surface area contributed by atoms with Gasteiger partial charge in [0.15, 0.2) is 5.78 Å². The van der Waals surface area contributed by atoms with Gasteiger partial charge in [-0.15, -0.1) is 0 Å². The summed E-state index contributed by atoms with van der Waals surface area (Å²) in [6.45, 7) is 8.24. The van der Waals surface area contributed by atoms with Crippen LogP contribution in [0.2, 0.25) is 0 Å². The Hall–Kier alpha value is -3.48. The first kappa shape index (κ1) is 21.7. The van der Waals surface area contributed by atoms with Crippen LogP contribution in [0.25, 0.3) is 22.2 Å². The van der Waals surface area contributed by atoms with Crippen molar-refractivity contribution in [2.45, 2.75) is 40.7 Å². The number of pyridine rings is 1. The van der Waals surface area contributed by atoms with Gasteiger partial charge in [0.25, 0.3) is 0 Å². The molecule has 0 atom stereocenters. The average Bonchev–Trinajstić information content (AvgIpc) is 3.38. The van der Waals surface area contributed by atoms with Gasteiger partial charge in [-0.05, 0) is 29.7 Å². The first-order valence-corrected chi connectivity index (χ1v) is 10.9. The minimum Gasteiger partial charge on any atom is -0.334 e. The van der Waals surface area contributed by atoms with Crippen molar-refractivity contribution in [3.63, 3.8) is 0 Å². The lowest BCUT2D eigenvalue weighted by molar-refractivity contribution is -0.127. The van der Waals surface area contributed by atoms with Crippen LogP contribution in [0.5, 0.6) is 0 Å². The number of benzene rings is 1. The minimum absolute atomic E-state index is 0.163. The lowest BCUT2D eigenvalue weighted by Gasteiger charge is -2.22. The molecule has 7 nitrogen and oxygen atoms in total. The van der Waals surface area contributed by atoms with Crippen molar-refractivity contribution in [1.82, 2.24) is 24.3 Å². The molecule has 0 aliphatic carbocycles. The number of ketones is 1. The minimum atomic E-state index is -0.375. The fourth-order valence-electron chi connectivity index (χ4n) is 3.69. The number of carbonyl (C=O) groups is 1. The topological polar surface area (TPSA) is 68.8 Å². The van der Waals surface area contributed by atoms with E-state index in [4.69, 9.17) is 0 Å². The van der Waals surface area contributed by atoms with Crippen LogP contribution in [0.3, 0.4) is 0 Å². The third-order valence-electron chi connectivity index (χ3n) is 5.87. The summed E-state index contributed by atoms with van der Waals surface area (Å²) in [7, 11) is 4.02. The monoisotopic (exact) mass is 430 g/mol.